The number of aromatic nitrogens is 1. The molecule has 0 fully saturated rings. The number of hydrogen-bond acceptors (Lipinski definition) is 5. The molecule has 0 saturated heterocycles. The average molecular weight is 615 g/mol. The number of rotatable bonds is 6. The number of hydrogen-bond donors (Lipinski definition) is 0. The molecule has 0 spiro atoms. The Hall–Kier alpha value is -5.23. The molecule has 46 heavy (non-hydrogen) atoms. The van der Waals surface area contributed by atoms with Crippen LogP contribution in [0.15, 0.2) is 126 Å². The lowest BCUT2D eigenvalue weighted by atomic mass is 9.83. The van der Waals surface area contributed by atoms with Crippen LogP contribution in [-0.4, -0.2) is 11.0 Å². The summed E-state index contributed by atoms with van der Waals surface area (Å²) < 4.78 is 0. The second-order valence-corrected chi connectivity index (χ2v) is 13.8. The Morgan fingerprint density at radius 2 is 1.72 bits per heavy atom. The maximum absolute atomic E-state index is 9.28. The molecule has 2 unspecified atom stereocenters. The Bertz CT molecular complexity index is 2040. The highest BCUT2D eigenvalue weighted by molar-refractivity contribution is 7.16. The number of nitrogens with zero attached hydrogens (tertiary/aromatic N) is 4. The van der Waals surface area contributed by atoms with Crippen molar-refractivity contribution in [3.8, 4) is 33.8 Å². The highest BCUT2D eigenvalue weighted by Gasteiger charge is 2.39. The van der Waals surface area contributed by atoms with Gasteiger partial charge in [0.1, 0.15) is 17.7 Å². The number of pyridine rings is 1. The molecule has 224 valence electrons. The van der Waals surface area contributed by atoms with Crippen LogP contribution in [0, 0.1) is 28.6 Å². The van der Waals surface area contributed by atoms with Crippen molar-refractivity contribution < 1.29 is 0 Å². The van der Waals surface area contributed by atoms with E-state index in [1.807, 2.05) is 24.4 Å². The zero-order valence-corrected chi connectivity index (χ0v) is 27.1. The summed E-state index contributed by atoms with van der Waals surface area (Å²) in [6.45, 7) is 6.75. The van der Waals surface area contributed by atoms with Gasteiger partial charge in [-0.15, -0.1) is 11.3 Å². The van der Waals surface area contributed by atoms with Gasteiger partial charge >= 0.3 is 0 Å². The SMILES string of the molecule is CC1C=CC=C(C2=CCC(N(c3ccc(-c4ccccc4)cc3)c3cnc4c(c3)C(C)(C)c3cc(C=C(C#N)C#N)sc3-4)C=C2)C1. The minimum atomic E-state index is -0.272. The third kappa shape index (κ3) is 5.34. The third-order valence-corrected chi connectivity index (χ3v) is 10.4. The Balaban J connectivity index is 1.27. The van der Waals surface area contributed by atoms with Crippen molar-refractivity contribution in [2.75, 3.05) is 4.90 Å². The first-order valence-corrected chi connectivity index (χ1v) is 16.6. The van der Waals surface area contributed by atoms with Crippen LogP contribution in [0.1, 0.15) is 49.6 Å². The van der Waals surface area contributed by atoms with Crippen molar-refractivity contribution in [1.82, 2.24) is 4.98 Å². The van der Waals surface area contributed by atoms with Crippen molar-refractivity contribution in [2.45, 2.75) is 45.1 Å². The summed E-state index contributed by atoms with van der Waals surface area (Å²) in [7, 11) is 0. The van der Waals surface area contributed by atoms with Crippen LogP contribution in [-0.2, 0) is 5.41 Å². The monoisotopic (exact) mass is 614 g/mol. The summed E-state index contributed by atoms with van der Waals surface area (Å²) in [5, 5.41) is 18.6. The Kier molecular flexibility index (Phi) is 7.65. The van der Waals surface area contributed by atoms with E-state index in [-0.39, 0.29) is 17.0 Å². The lowest BCUT2D eigenvalue weighted by Crippen LogP contribution is -2.31. The second kappa shape index (κ2) is 11.9. The molecule has 0 saturated carbocycles. The van der Waals surface area contributed by atoms with Gasteiger partial charge in [-0.05, 0) is 82.5 Å². The van der Waals surface area contributed by atoms with Gasteiger partial charge in [0.2, 0.25) is 0 Å². The molecule has 5 heteroatoms. The second-order valence-electron chi connectivity index (χ2n) is 12.8. The number of fused-ring (bicyclic) bond motifs is 3. The predicted octanol–water partition coefficient (Wildman–Crippen LogP) is 10.5. The van der Waals surface area contributed by atoms with Crippen molar-refractivity contribution in [3.63, 3.8) is 0 Å². The number of nitriles is 2. The highest BCUT2D eigenvalue weighted by atomic mass is 32.1. The summed E-state index contributed by atoms with van der Waals surface area (Å²) in [6, 6.07) is 27.9. The lowest BCUT2D eigenvalue weighted by molar-refractivity contribution is 0.659. The molecule has 0 aliphatic heterocycles. The van der Waals surface area contributed by atoms with Gasteiger partial charge in [0, 0.05) is 16.0 Å². The fraction of sp³-hybridized carbons (Fsp3) is 0.195. The van der Waals surface area contributed by atoms with Crippen molar-refractivity contribution >= 4 is 28.8 Å². The number of thiophene rings is 1. The molecule has 2 aromatic heterocycles. The predicted molar refractivity (Wildman–Crippen MR) is 190 cm³/mol. The molecule has 0 amide bonds. The Morgan fingerprint density at radius 1 is 0.957 bits per heavy atom. The van der Waals surface area contributed by atoms with E-state index in [1.54, 1.807) is 17.4 Å². The van der Waals surface area contributed by atoms with Crippen LogP contribution in [0.5, 0.6) is 0 Å². The van der Waals surface area contributed by atoms with Gasteiger partial charge in [0.25, 0.3) is 0 Å². The molecule has 0 radical (unpaired) electrons. The first-order chi connectivity index (χ1) is 22.4. The number of benzene rings is 2. The third-order valence-electron chi connectivity index (χ3n) is 9.30. The first-order valence-electron chi connectivity index (χ1n) is 15.7. The van der Waals surface area contributed by atoms with Crippen LogP contribution in [0.3, 0.4) is 0 Å². The standard InChI is InChI=1S/C41H34N4S/c1-27-8-7-11-32(20-27)31-14-18-34(19-15-31)45(33-16-12-30(13-17-33)29-9-5-4-6-10-29)35-22-37-39(44-26-35)40-38(41(37,2)3)23-36(46-40)21-28(24-42)25-43/h4-18,21-23,26-27,34H,19-20H2,1-3H3. The summed E-state index contributed by atoms with van der Waals surface area (Å²) in [4.78, 5) is 9.53. The van der Waals surface area contributed by atoms with Gasteiger partial charge in [-0.25, -0.2) is 0 Å². The van der Waals surface area contributed by atoms with E-state index < -0.39 is 0 Å². The van der Waals surface area contributed by atoms with Gasteiger partial charge in [0.05, 0.1) is 28.5 Å². The largest absolute Gasteiger partial charge is 0.333 e. The molecule has 3 aliphatic rings. The molecule has 4 aromatic rings. The fourth-order valence-corrected chi connectivity index (χ4v) is 8.09. The molecule has 2 atom stereocenters. The van der Waals surface area contributed by atoms with E-state index in [9.17, 15) is 10.5 Å². The van der Waals surface area contributed by atoms with Crippen molar-refractivity contribution in [3.05, 3.63) is 142 Å². The molecular weight excluding hydrogens is 581 g/mol. The van der Waals surface area contributed by atoms with Gasteiger partial charge < -0.3 is 4.90 Å². The molecule has 0 N–H and O–H groups in total. The van der Waals surface area contributed by atoms with Crippen LogP contribution in [0.2, 0.25) is 0 Å². The average Bonchev–Trinajstić information content (AvgIpc) is 3.60. The van der Waals surface area contributed by atoms with Crippen LogP contribution < -0.4 is 4.90 Å². The maximum atomic E-state index is 9.28. The fourth-order valence-electron chi connectivity index (χ4n) is 6.82. The number of anilines is 2. The summed E-state index contributed by atoms with van der Waals surface area (Å²) in [6.07, 6.45) is 19.4. The molecule has 7 rings (SSSR count). The molecule has 0 bridgehead atoms. The molecule has 3 aliphatic carbocycles. The van der Waals surface area contributed by atoms with Crippen LogP contribution in [0.4, 0.5) is 11.4 Å². The molecule has 2 heterocycles. The van der Waals surface area contributed by atoms with Crippen LogP contribution in [0.25, 0.3) is 27.8 Å². The number of allylic oxidation sites excluding steroid dienone is 7. The van der Waals surface area contributed by atoms with Crippen LogP contribution >= 0.6 is 11.3 Å². The van der Waals surface area contributed by atoms with Gasteiger partial charge in [0.15, 0.2) is 0 Å². The minimum Gasteiger partial charge on any atom is -0.333 e. The summed E-state index contributed by atoms with van der Waals surface area (Å²) in [5.41, 5.74) is 10.5. The lowest BCUT2D eigenvalue weighted by Gasteiger charge is -2.34. The Morgan fingerprint density at radius 3 is 2.41 bits per heavy atom. The zero-order valence-electron chi connectivity index (χ0n) is 26.2. The highest BCUT2D eigenvalue weighted by Crippen LogP contribution is 2.53. The van der Waals surface area contributed by atoms with Crippen molar-refractivity contribution in [2.24, 2.45) is 5.92 Å². The zero-order chi connectivity index (χ0) is 31.8. The van der Waals surface area contributed by atoms with E-state index in [4.69, 9.17) is 4.98 Å². The van der Waals surface area contributed by atoms with Gasteiger partial charge in [-0.2, -0.15) is 10.5 Å². The topological polar surface area (TPSA) is 63.7 Å². The smallest absolute Gasteiger partial charge is 0.131 e. The molecule has 4 nitrogen and oxygen atoms in total. The first kappa shape index (κ1) is 29.5. The van der Waals surface area contributed by atoms with E-state index in [0.29, 0.717) is 5.92 Å². The minimum absolute atomic E-state index is 0.110. The van der Waals surface area contributed by atoms with E-state index >= 15 is 0 Å². The quantitative estimate of drug-likeness (QED) is 0.203. The maximum Gasteiger partial charge on any atom is 0.131 e. The normalized spacial score (nSPS) is 18.8. The Labute approximate surface area is 275 Å². The van der Waals surface area contributed by atoms with E-state index in [0.717, 1.165) is 39.7 Å². The van der Waals surface area contributed by atoms with Crippen molar-refractivity contribution in [1.29, 1.82) is 10.5 Å². The molecule has 2 aromatic carbocycles. The van der Waals surface area contributed by atoms with Gasteiger partial charge in [-0.3, -0.25) is 4.98 Å². The molecular formula is C41H34N4S. The summed E-state index contributed by atoms with van der Waals surface area (Å²) in [5.74, 6) is 0.558. The van der Waals surface area contributed by atoms with E-state index in [1.165, 1.54) is 33.4 Å². The van der Waals surface area contributed by atoms with Gasteiger partial charge in [-0.1, -0.05) is 99.7 Å². The summed E-state index contributed by atoms with van der Waals surface area (Å²) >= 11 is 1.59. The van der Waals surface area contributed by atoms with E-state index in [2.05, 4.69) is 123 Å².